The van der Waals surface area contributed by atoms with Gasteiger partial charge in [0.15, 0.2) is 0 Å². The summed E-state index contributed by atoms with van der Waals surface area (Å²) in [6, 6.07) is 15.3. The molecule has 2 amide bonds. The van der Waals surface area contributed by atoms with Crippen molar-refractivity contribution in [3.63, 3.8) is 0 Å². The molecule has 0 radical (unpaired) electrons. The minimum atomic E-state index is -4.63. The van der Waals surface area contributed by atoms with Gasteiger partial charge in [-0.1, -0.05) is 45.7 Å². The molecule has 222 valence electrons. The molecule has 1 aliphatic rings. The summed E-state index contributed by atoms with van der Waals surface area (Å²) in [5.74, 6) is -0.511. The second-order valence-corrected chi connectivity index (χ2v) is 11.3. The average Bonchev–Trinajstić information content (AvgIpc) is 2.95. The van der Waals surface area contributed by atoms with Gasteiger partial charge in [0.05, 0.1) is 28.1 Å². The van der Waals surface area contributed by atoms with E-state index < -0.39 is 28.6 Å². The molecule has 42 heavy (non-hydrogen) atoms. The molecule has 0 unspecified atom stereocenters. The first-order valence-electron chi connectivity index (χ1n) is 13.3. The lowest BCUT2D eigenvalue weighted by Crippen LogP contribution is -2.33. The van der Waals surface area contributed by atoms with Crippen LogP contribution in [0.15, 0.2) is 70.2 Å². The Balaban J connectivity index is 1.38. The van der Waals surface area contributed by atoms with Gasteiger partial charge in [0.25, 0.3) is 11.8 Å². The van der Waals surface area contributed by atoms with Crippen molar-refractivity contribution < 1.29 is 27.9 Å². The first-order valence-corrected chi connectivity index (χ1v) is 14.4. The molecule has 0 aromatic heterocycles. The molecule has 1 heterocycles. The number of aliphatic hydroxyl groups is 1. The van der Waals surface area contributed by atoms with Gasteiger partial charge in [-0.2, -0.15) is 18.3 Å². The Morgan fingerprint density at radius 2 is 1.76 bits per heavy atom. The number of rotatable bonds is 9. The number of carbonyl (C=O) groups is 2. The van der Waals surface area contributed by atoms with Gasteiger partial charge in [-0.05, 0) is 91.9 Å². The number of hydrogen-bond acceptors (Lipinski definition) is 5. The van der Waals surface area contributed by atoms with Crippen molar-refractivity contribution in [3.05, 3.63) is 98.0 Å². The second kappa shape index (κ2) is 14.3. The van der Waals surface area contributed by atoms with Crippen LogP contribution in [0.4, 0.5) is 18.9 Å². The van der Waals surface area contributed by atoms with E-state index in [1.54, 1.807) is 24.3 Å². The molecule has 0 bridgehead atoms. The number of anilines is 1. The Labute approximate surface area is 254 Å². The highest BCUT2D eigenvalue weighted by Crippen LogP contribution is 2.35. The van der Waals surface area contributed by atoms with Crippen LogP contribution in [-0.2, 0) is 12.7 Å². The summed E-state index contributed by atoms with van der Waals surface area (Å²) in [5.41, 5.74) is 3.19. The monoisotopic (exact) mass is 664 g/mol. The second-order valence-electron chi connectivity index (χ2n) is 10.0. The van der Waals surface area contributed by atoms with Crippen LogP contribution in [0.2, 0.25) is 5.02 Å². The van der Waals surface area contributed by atoms with Crippen LogP contribution in [-0.4, -0.2) is 47.7 Å². The van der Waals surface area contributed by atoms with E-state index in [1.165, 1.54) is 12.1 Å². The number of aliphatic hydroxyl groups excluding tert-OH is 1. The SMILES string of the molecule is O=C(Nc1ccc(Br)cc1C(=O)N/N=C/c1ccc(Cl)c(C(F)(F)F)c1)c1ccc(CN2CCC(CCO)CC2)cc1. The minimum absolute atomic E-state index is 0.0874. The Hall–Kier alpha value is -3.25. The van der Waals surface area contributed by atoms with Crippen LogP contribution < -0.4 is 10.7 Å². The first-order chi connectivity index (χ1) is 20.0. The summed E-state index contributed by atoms with van der Waals surface area (Å²) in [6.07, 6.45) is -0.585. The first kappa shape index (κ1) is 31.7. The molecular weight excluding hydrogens is 637 g/mol. The average molecular weight is 666 g/mol. The zero-order valence-electron chi connectivity index (χ0n) is 22.4. The lowest BCUT2D eigenvalue weighted by molar-refractivity contribution is -0.137. The molecule has 0 spiro atoms. The van der Waals surface area contributed by atoms with E-state index in [2.05, 4.69) is 36.7 Å². The summed E-state index contributed by atoms with van der Waals surface area (Å²) in [5, 5.41) is 15.2. The molecular formula is C30H29BrClF3N4O3. The van der Waals surface area contributed by atoms with Gasteiger partial charge in [0, 0.05) is 23.2 Å². The molecule has 12 heteroatoms. The van der Waals surface area contributed by atoms with Crippen molar-refractivity contribution in [1.82, 2.24) is 10.3 Å². The van der Waals surface area contributed by atoms with E-state index in [0.29, 0.717) is 16.0 Å². The zero-order valence-corrected chi connectivity index (χ0v) is 24.8. The molecule has 0 atom stereocenters. The number of nitrogens with one attached hydrogen (secondary N) is 2. The van der Waals surface area contributed by atoms with Gasteiger partial charge in [-0.25, -0.2) is 5.43 Å². The molecule has 3 aromatic rings. The molecule has 1 fully saturated rings. The summed E-state index contributed by atoms with van der Waals surface area (Å²) in [7, 11) is 0. The van der Waals surface area contributed by atoms with Gasteiger partial charge in [-0.15, -0.1) is 0 Å². The van der Waals surface area contributed by atoms with Crippen molar-refractivity contribution in [2.75, 3.05) is 25.0 Å². The lowest BCUT2D eigenvalue weighted by atomic mass is 9.93. The van der Waals surface area contributed by atoms with E-state index in [4.69, 9.17) is 16.7 Å². The number of likely N-dealkylation sites (tertiary alicyclic amines) is 1. The number of alkyl halides is 3. The smallest absolute Gasteiger partial charge is 0.396 e. The van der Waals surface area contributed by atoms with Crippen molar-refractivity contribution in [2.45, 2.75) is 32.0 Å². The van der Waals surface area contributed by atoms with Crippen LogP contribution in [0.3, 0.4) is 0 Å². The Morgan fingerprint density at radius 1 is 1.05 bits per heavy atom. The fourth-order valence-corrected chi connectivity index (χ4v) is 5.30. The molecule has 3 aromatic carbocycles. The topological polar surface area (TPSA) is 94.0 Å². The zero-order chi connectivity index (χ0) is 30.3. The van der Waals surface area contributed by atoms with Crippen LogP contribution >= 0.6 is 27.5 Å². The fourth-order valence-electron chi connectivity index (χ4n) is 4.71. The van der Waals surface area contributed by atoms with Crippen molar-refractivity contribution in [1.29, 1.82) is 0 Å². The Bertz CT molecular complexity index is 1440. The van der Waals surface area contributed by atoms with Crippen molar-refractivity contribution in [2.24, 2.45) is 11.0 Å². The fraction of sp³-hybridized carbons (Fsp3) is 0.300. The number of carbonyl (C=O) groups excluding carboxylic acids is 2. The number of amides is 2. The molecule has 0 saturated carbocycles. The number of benzene rings is 3. The highest BCUT2D eigenvalue weighted by molar-refractivity contribution is 9.10. The van der Waals surface area contributed by atoms with E-state index in [1.807, 2.05) is 12.1 Å². The maximum atomic E-state index is 13.1. The predicted octanol–water partition coefficient (Wildman–Crippen LogP) is 6.73. The summed E-state index contributed by atoms with van der Waals surface area (Å²) in [6.45, 7) is 2.95. The standard InChI is InChI=1S/C30H29BrClF3N4O3/c31-23-6-8-27(24(16-23)29(42)38-36-17-21-3-7-26(32)25(15-21)30(33,34)35)37-28(41)22-4-1-20(2-5-22)18-39-12-9-19(10-13-39)11-14-40/h1-8,15-17,19,40H,9-14,18H2,(H,37,41)(H,38,42)/b36-17+. The van der Waals surface area contributed by atoms with Gasteiger partial charge >= 0.3 is 6.18 Å². The molecule has 4 rings (SSSR count). The Kier molecular flexibility index (Phi) is 10.8. The molecule has 7 nitrogen and oxygen atoms in total. The lowest BCUT2D eigenvalue weighted by Gasteiger charge is -2.31. The van der Waals surface area contributed by atoms with E-state index in [0.717, 1.165) is 62.8 Å². The van der Waals surface area contributed by atoms with Crippen LogP contribution in [0.5, 0.6) is 0 Å². The third kappa shape index (κ3) is 8.64. The number of piperidine rings is 1. The van der Waals surface area contributed by atoms with E-state index >= 15 is 0 Å². The summed E-state index contributed by atoms with van der Waals surface area (Å²) < 4.78 is 39.9. The molecule has 1 aliphatic heterocycles. The van der Waals surface area contributed by atoms with Gasteiger partial charge < -0.3 is 10.4 Å². The largest absolute Gasteiger partial charge is 0.417 e. The highest BCUT2D eigenvalue weighted by atomic mass is 79.9. The molecule has 1 saturated heterocycles. The third-order valence-corrected chi connectivity index (χ3v) is 7.84. The van der Waals surface area contributed by atoms with Crippen LogP contribution in [0.25, 0.3) is 0 Å². The summed E-state index contributed by atoms with van der Waals surface area (Å²) >= 11 is 8.95. The van der Waals surface area contributed by atoms with Gasteiger partial charge in [0.1, 0.15) is 0 Å². The summed E-state index contributed by atoms with van der Waals surface area (Å²) in [4.78, 5) is 28.2. The third-order valence-electron chi connectivity index (χ3n) is 7.02. The number of hydrogen-bond donors (Lipinski definition) is 3. The predicted molar refractivity (Wildman–Crippen MR) is 160 cm³/mol. The number of halogens is 5. The highest BCUT2D eigenvalue weighted by Gasteiger charge is 2.33. The van der Waals surface area contributed by atoms with Crippen molar-refractivity contribution >= 4 is 51.2 Å². The maximum Gasteiger partial charge on any atom is 0.417 e. The molecule has 0 aliphatic carbocycles. The number of hydrazone groups is 1. The van der Waals surface area contributed by atoms with Crippen LogP contribution in [0, 0.1) is 5.92 Å². The molecule has 3 N–H and O–H groups in total. The Morgan fingerprint density at radius 3 is 2.43 bits per heavy atom. The number of nitrogens with zero attached hydrogens (tertiary/aromatic N) is 2. The maximum absolute atomic E-state index is 13.1. The van der Waals surface area contributed by atoms with E-state index in [-0.39, 0.29) is 23.4 Å². The van der Waals surface area contributed by atoms with Crippen LogP contribution in [0.1, 0.15) is 56.7 Å². The van der Waals surface area contributed by atoms with Gasteiger partial charge in [-0.3, -0.25) is 14.5 Å². The minimum Gasteiger partial charge on any atom is -0.396 e. The normalized spacial score (nSPS) is 14.7. The van der Waals surface area contributed by atoms with Gasteiger partial charge in [0.2, 0.25) is 0 Å². The van der Waals surface area contributed by atoms with E-state index in [9.17, 15) is 22.8 Å². The quantitative estimate of drug-likeness (QED) is 0.175. The van der Waals surface area contributed by atoms with Crippen molar-refractivity contribution in [3.8, 4) is 0 Å².